The summed E-state index contributed by atoms with van der Waals surface area (Å²) in [6.07, 6.45) is 3.58. The van der Waals surface area contributed by atoms with E-state index in [9.17, 15) is 19.1 Å². The maximum absolute atomic E-state index is 14.3. The van der Waals surface area contributed by atoms with E-state index in [0.717, 1.165) is 3.57 Å². The highest BCUT2D eigenvalue weighted by Crippen LogP contribution is 2.30. The summed E-state index contributed by atoms with van der Waals surface area (Å²) in [4.78, 5) is 26.3. The zero-order valence-electron chi connectivity index (χ0n) is 17.2. The highest BCUT2D eigenvalue weighted by molar-refractivity contribution is 14.1. The summed E-state index contributed by atoms with van der Waals surface area (Å²) in [6, 6.07) is 3.85. The molecule has 1 aromatic rings. The second-order valence-electron chi connectivity index (χ2n) is 8.05. The molecule has 1 aliphatic heterocycles. The fraction of sp³-hybridized carbons (Fsp3) is 0.429. The van der Waals surface area contributed by atoms with Gasteiger partial charge in [-0.3, -0.25) is 4.79 Å². The quantitative estimate of drug-likeness (QED) is 0.304. The number of hydrogen-bond donors (Lipinski definition) is 4. The van der Waals surface area contributed by atoms with Crippen LogP contribution in [0.5, 0.6) is 0 Å². The number of nitrogens with one attached hydrogen (secondary N) is 2. The molecule has 0 bridgehead atoms. The number of anilines is 1. The molecule has 9 heteroatoms. The SMILES string of the molecule is CC(C)(C)C(C(=O)O)N1C=C(C(=O)NCCCO)C(Nc2ccc(I)cc2F)=CC1. The number of carboxylic acid groups (broad SMARTS) is 1. The van der Waals surface area contributed by atoms with Gasteiger partial charge in [0.1, 0.15) is 11.9 Å². The zero-order valence-corrected chi connectivity index (χ0v) is 19.4. The van der Waals surface area contributed by atoms with Crippen molar-refractivity contribution >= 4 is 40.2 Å². The third-order valence-corrected chi connectivity index (χ3v) is 5.21. The summed E-state index contributed by atoms with van der Waals surface area (Å²) < 4.78 is 15.1. The molecule has 1 aliphatic rings. The van der Waals surface area contributed by atoms with Crippen LogP contribution in [0.3, 0.4) is 0 Å². The summed E-state index contributed by atoms with van der Waals surface area (Å²) in [5.41, 5.74) is 0.232. The molecule has 1 atom stereocenters. The minimum absolute atomic E-state index is 0.0641. The highest BCUT2D eigenvalue weighted by Gasteiger charge is 2.37. The van der Waals surface area contributed by atoms with Crippen LogP contribution in [-0.4, -0.2) is 52.7 Å². The molecule has 7 nitrogen and oxygen atoms in total. The predicted octanol–water partition coefficient (Wildman–Crippen LogP) is 2.92. The fourth-order valence-corrected chi connectivity index (χ4v) is 3.65. The largest absolute Gasteiger partial charge is 0.480 e. The van der Waals surface area contributed by atoms with E-state index in [1.807, 2.05) is 43.4 Å². The van der Waals surface area contributed by atoms with Crippen LogP contribution in [0.15, 0.2) is 41.7 Å². The molecule has 0 radical (unpaired) electrons. The Balaban J connectivity index is 2.36. The van der Waals surface area contributed by atoms with Crippen LogP contribution in [0.2, 0.25) is 0 Å². The Morgan fingerprint density at radius 2 is 2.03 bits per heavy atom. The maximum Gasteiger partial charge on any atom is 0.326 e. The number of carboxylic acids is 1. The Kier molecular flexibility index (Phi) is 8.25. The first-order valence-corrected chi connectivity index (χ1v) is 10.6. The second kappa shape index (κ2) is 10.3. The Hall–Kier alpha value is -2.14. The number of carbonyl (C=O) groups excluding carboxylic acids is 1. The molecule has 1 unspecified atom stereocenters. The Labute approximate surface area is 189 Å². The molecular formula is C21H27FIN3O4. The number of amides is 1. The Morgan fingerprint density at radius 1 is 1.33 bits per heavy atom. The average molecular weight is 531 g/mol. The molecule has 1 heterocycles. The summed E-state index contributed by atoms with van der Waals surface area (Å²) in [7, 11) is 0. The number of nitrogens with zero attached hydrogens (tertiary/aromatic N) is 1. The maximum atomic E-state index is 14.3. The second-order valence-corrected chi connectivity index (χ2v) is 9.29. The van der Waals surface area contributed by atoms with Crippen molar-refractivity contribution in [2.24, 2.45) is 5.41 Å². The van der Waals surface area contributed by atoms with E-state index in [1.54, 1.807) is 23.1 Å². The van der Waals surface area contributed by atoms with Gasteiger partial charge in [0.05, 0.1) is 17.0 Å². The third-order valence-electron chi connectivity index (χ3n) is 4.54. The van der Waals surface area contributed by atoms with Crippen LogP contribution in [0.1, 0.15) is 27.2 Å². The molecule has 0 saturated heterocycles. The van der Waals surface area contributed by atoms with E-state index >= 15 is 0 Å². The van der Waals surface area contributed by atoms with Gasteiger partial charge in [0.2, 0.25) is 0 Å². The number of aliphatic hydroxyl groups is 1. The molecule has 0 aliphatic carbocycles. The van der Waals surface area contributed by atoms with Crippen molar-refractivity contribution in [3.05, 3.63) is 51.1 Å². The predicted molar refractivity (Wildman–Crippen MR) is 121 cm³/mol. The van der Waals surface area contributed by atoms with Crippen LogP contribution in [0.4, 0.5) is 10.1 Å². The molecule has 0 saturated carbocycles. The van der Waals surface area contributed by atoms with Crippen molar-refractivity contribution in [3.63, 3.8) is 0 Å². The first kappa shape index (κ1) is 24.1. The van der Waals surface area contributed by atoms with Crippen molar-refractivity contribution in [3.8, 4) is 0 Å². The molecule has 164 valence electrons. The Bertz CT molecular complexity index is 864. The van der Waals surface area contributed by atoms with Gasteiger partial charge in [0, 0.05) is 29.5 Å². The zero-order chi connectivity index (χ0) is 22.5. The van der Waals surface area contributed by atoms with E-state index < -0.39 is 29.2 Å². The molecular weight excluding hydrogens is 504 g/mol. The molecule has 30 heavy (non-hydrogen) atoms. The lowest BCUT2D eigenvalue weighted by molar-refractivity contribution is -0.146. The summed E-state index contributed by atoms with van der Waals surface area (Å²) >= 11 is 2.01. The van der Waals surface area contributed by atoms with Gasteiger partial charge in [0.15, 0.2) is 0 Å². The number of carbonyl (C=O) groups is 2. The van der Waals surface area contributed by atoms with Gasteiger partial charge in [-0.15, -0.1) is 0 Å². The molecule has 0 fully saturated rings. The monoisotopic (exact) mass is 531 g/mol. The number of benzene rings is 1. The smallest absolute Gasteiger partial charge is 0.326 e. The van der Waals surface area contributed by atoms with E-state index in [0.29, 0.717) is 12.1 Å². The minimum Gasteiger partial charge on any atom is -0.480 e. The van der Waals surface area contributed by atoms with Crippen molar-refractivity contribution < 1.29 is 24.2 Å². The molecule has 1 amide bonds. The van der Waals surface area contributed by atoms with Crippen LogP contribution in [0, 0.1) is 14.8 Å². The number of hydrogen-bond acceptors (Lipinski definition) is 5. The van der Waals surface area contributed by atoms with E-state index in [2.05, 4.69) is 10.6 Å². The molecule has 0 aromatic heterocycles. The topological polar surface area (TPSA) is 102 Å². The van der Waals surface area contributed by atoms with Crippen LogP contribution < -0.4 is 10.6 Å². The normalized spacial score (nSPS) is 15.2. The first-order chi connectivity index (χ1) is 14.0. The standard InChI is InChI=1S/C21H27FIN3O4/c1-21(2,3)18(20(29)30)26-9-7-16(14(12-26)19(28)24-8-4-10-27)25-17-6-5-13(23)11-15(17)22/h5-7,11-12,18,25,27H,4,8-10H2,1-3H3,(H,24,28)(H,29,30). The van der Waals surface area contributed by atoms with Gasteiger partial charge in [-0.2, -0.15) is 0 Å². The third kappa shape index (κ3) is 6.18. The van der Waals surface area contributed by atoms with Gasteiger partial charge >= 0.3 is 5.97 Å². The molecule has 4 N–H and O–H groups in total. The molecule has 0 spiro atoms. The van der Waals surface area contributed by atoms with E-state index in [1.165, 1.54) is 12.3 Å². The molecule has 2 rings (SSSR count). The summed E-state index contributed by atoms with van der Waals surface area (Å²) in [6.45, 7) is 5.90. The summed E-state index contributed by atoms with van der Waals surface area (Å²) in [5.74, 6) is -1.88. The number of aliphatic carboxylic acids is 1. The van der Waals surface area contributed by atoms with Gasteiger partial charge in [-0.1, -0.05) is 20.8 Å². The minimum atomic E-state index is -0.993. The molecule has 1 aromatic carbocycles. The lowest BCUT2D eigenvalue weighted by Crippen LogP contribution is -2.48. The average Bonchev–Trinajstić information content (AvgIpc) is 2.63. The van der Waals surface area contributed by atoms with Crippen molar-refractivity contribution in [1.29, 1.82) is 0 Å². The number of rotatable bonds is 8. The van der Waals surface area contributed by atoms with Gasteiger partial charge in [-0.05, 0) is 58.7 Å². The van der Waals surface area contributed by atoms with Crippen molar-refractivity contribution in [2.75, 3.05) is 25.0 Å². The van der Waals surface area contributed by atoms with Crippen LogP contribution in [0.25, 0.3) is 0 Å². The first-order valence-electron chi connectivity index (χ1n) is 9.56. The van der Waals surface area contributed by atoms with Crippen molar-refractivity contribution in [1.82, 2.24) is 10.2 Å². The van der Waals surface area contributed by atoms with Gasteiger partial charge in [-0.25, -0.2) is 9.18 Å². The lowest BCUT2D eigenvalue weighted by atomic mass is 9.85. The number of aliphatic hydroxyl groups excluding tert-OH is 1. The fourth-order valence-electron chi connectivity index (χ4n) is 3.20. The van der Waals surface area contributed by atoms with Crippen LogP contribution >= 0.6 is 22.6 Å². The van der Waals surface area contributed by atoms with E-state index in [-0.39, 0.29) is 31.0 Å². The van der Waals surface area contributed by atoms with E-state index in [4.69, 9.17) is 5.11 Å². The van der Waals surface area contributed by atoms with Crippen molar-refractivity contribution in [2.45, 2.75) is 33.2 Å². The van der Waals surface area contributed by atoms with Gasteiger partial charge in [0.25, 0.3) is 5.91 Å². The Morgan fingerprint density at radius 3 is 2.60 bits per heavy atom. The summed E-state index contributed by atoms with van der Waals surface area (Å²) in [5, 5.41) is 24.3. The van der Waals surface area contributed by atoms with Gasteiger partial charge < -0.3 is 25.7 Å². The highest BCUT2D eigenvalue weighted by atomic mass is 127. The lowest BCUT2D eigenvalue weighted by Gasteiger charge is -2.38. The van der Waals surface area contributed by atoms with Crippen LogP contribution in [-0.2, 0) is 9.59 Å². The number of halogens is 2.